The van der Waals surface area contributed by atoms with Crippen LogP contribution in [0.4, 0.5) is 11.5 Å². The Hall–Kier alpha value is -4.16. The molecular formula is C33H31BN6OPt. The van der Waals surface area contributed by atoms with Gasteiger partial charge in [0.15, 0.2) is 0 Å². The van der Waals surface area contributed by atoms with Crippen LogP contribution in [-0.4, -0.2) is 30.8 Å². The zero-order valence-electron chi connectivity index (χ0n) is 24.2. The van der Waals surface area contributed by atoms with Crippen molar-refractivity contribution in [3.63, 3.8) is 0 Å². The van der Waals surface area contributed by atoms with Gasteiger partial charge in [0.1, 0.15) is 0 Å². The van der Waals surface area contributed by atoms with E-state index < -0.39 is 0 Å². The van der Waals surface area contributed by atoms with Gasteiger partial charge in [-0.3, -0.25) is 0 Å². The Morgan fingerprint density at radius 2 is 1.62 bits per heavy atom. The Bertz CT molecular complexity index is 2030. The van der Waals surface area contributed by atoms with Crippen molar-refractivity contribution >= 4 is 29.5 Å². The van der Waals surface area contributed by atoms with Crippen LogP contribution in [0.3, 0.4) is 0 Å². The molecule has 3 aromatic heterocycles. The molecule has 0 atom stereocenters. The van der Waals surface area contributed by atoms with Gasteiger partial charge in [0.05, 0.1) is 0 Å². The van der Waals surface area contributed by atoms with Crippen LogP contribution in [-0.2, 0) is 31.8 Å². The number of rotatable bonds is 4. The molecule has 7 nitrogen and oxygen atoms in total. The van der Waals surface area contributed by atoms with Crippen molar-refractivity contribution < 1.29 is 24.1 Å². The van der Waals surface area contributed by atoms with Crippen LogP contribution in [0.25, 0.3) is 28.0 Å². The van der Waals surface area contributed by atoms with Crippen molar-refractivity contribution in [1.82, 2.24) is 23.8 Å². The first-order valence-electron chi connectivity index (χ1n) is 14.0. The molecule has 0 N–H and O–H groups in total. The summed E-state index contributed by atoms with van der Waals surface area (Å²) >= 11 is 2.38. The zero-order chi connectivity index (χ0) is 29.2. The summed E-state index contributed by atoms with van der Waals surface area (Å²) in [4.78, 5) is 7.07. The van der Waals surface area contributed by atoms with E-state index in [1.807, 2.05) is 30.6 Å². The minimum Gasteiger partial charge on any atom is -0.192 e. The van der Waals surface area contributed by atoms with Gasteiger partial charge in [0.2, 0.25) is 0 Å². The number of anilines is 2. The number of fused-ring (bicyclic) bond motifs is 4. The number of hydrogen-bond acceptors (Lipinski definition) is 4. The van der Waals surface area contributed by atoms with Crippen molar-refractivity contribution in [2.45, 2.75) is 33.0 Å². The van der Waals surface area contributed by atoms with Crippen molar-refractivity contribution in [3.05, 3.63) is 107 Å². The predicted molar refractivity (Wildman–Crippen MR) is 165 cm³/mol. The molecule has 0 fully saturated rings. The van der Waals surface area contributed by atoms with Gasteiger partial charge in [0, 0.05) is 12.4 Å². The van der Waals surface area contributed by atoms with Gasteiger partial charge in [-0.2, -0.15) is 5.10 Å². The summed E-state index contributed by atoms with van der Waals surface area (Å²) in [6, 6.07) is 29.3. The average molecular weight is 734 g/mol. The maximum atomic E-state index is 6.54. The first-order chi connectivity index (χ1) is 20.2. The summed E-state index contributed by atoms with van der Waals surface area (Å²) in [6.45, 7) is 8.77. The van der Waals surface area contributed by atoms with Crippen LogP contribution in [0.2, 0.25) is 6.82 Å². The van der Waals surface area contributed by atoms with E-state index in [0.717, 1.165) is 49.3 Å². The van der Waals surface area contributed by atoms with Gasteiger partial charge < -0.3 is 0 Å². The molecule has 7 rings (SSSR count). The van der Waals surface area contributed by atoms with Crippen molar-refractivity contribution in [2.24, 2.45) is 7.05 Å². The third-order valence-corrected chi connectivity index (χ3v) is 9.25. The van der Waals surface area contributed by atoms with E-state index >= 15 is 0 Å². The molecule has 212 valence electrons. The molecule has 6 aromatic rings. The van der Waals surface area contributed by atoms with Crippen LogP contribution in [0.1, 0.15) is 26.3 Å². The van der Waals surface area contributed by atoms with Crippen LogP contribution < -0.4 is 9.55 Å². The maximum absolute atomic E-state index is 6.54. The summed E-state index contributed by atoms with van der Waals surface area (Å²) in [5.74, 6) is 2.43. The summed E-state index contributed by atoms with van der Waals surface area (Å²) in [5.41, 5.74) is 7.84. The summed E-state index contributed by atoms with van der Waals surface area (Å²) < 4.78 is 14.2. The standard InChI is InChI=1S/C33H31BN6O.Pt/c1-33(2,3)23-15-17-35-32(19-23)39-31-21-26(13-14-27(31)28-16-18-36-40(28)34(39)4)41-25-10-8-9-24(20-25)38-22-37(5)29-11-6-7-12-30(29)38;/h6-21H,1-5H3;. The normalized spacial score (nSPS) is 12.9. The third kappa shape index (κ3) is 4.37. The zero-order valence-corrected chi connectivity index (χ0v) is 26.5. The monoisotopic (exact) mass is 733 g/mol. The second kappa shape index (κ2) is 9.99. The number of hydrogen-bond donors (Lipinski definition) is 0. The van der Waals surface area contributed by atoms with E-state index in [4.69, 9.17) is 9.72 Å². The van der Waals surface area contributed by atoms with Crippen molar-refractivity contribution in [3.8, 4) is 28.4 Å². The van der Waals surface area contributed by atoms with E-state index in [2.05, 4.69) is 144 Å². The van der Waals surface area contributed by atoms with E-state index in [1.165, 1.54) is 11.1 Å². The van der Waals surface area contributed by atoms with E-state index in [0.29, 0.717) is 0 Å². The topological polar surface area (TPSA) is 53.0 Å². The third-order valence-electron chi connectivity index (χ3n) is 7.98. The molecule has 0 amide bonds. The molecule has 0 saturated heterocycles. The van der Waals surface area contributed by atoms with E-state index in [-0.39, 0.29) is 12.4 Å². The number of para-hydroxylation sites is 2. The molecule has 0 aliphatic carbocycles. The fourth-order valence-corrected chi connectivity index (χ4v) is 6.63. The molecule has 1 aliphatic rings. The van der Waals surface area contributed by atoms with Gasteiger partial charge >= 0.3 is 202 Å². The van der Waals surface area contributed by atoms with Gasteiger partial charge in [-0.15, -0.1) is 0 Å². The Labute approximate surface area is 256 Å². The second-order valence-electron chi connectivity index (χ2n) is 11.7. The summed E-state index contributed by atoms with van der Waals surface area (Å²) in [5, 5.41) is 4.65. The van der Waals surface area contributed by atoms with Crippen molar-refractivity contribution in [2.75, 3.05) is 4.81 Å². The Morgan fingerprint density at radius 3 is 2.43 bits per heavy atom. The molecule has 1 aliphatic heterocycles. The first kappa shape index (κ1) is 26.7. The van der Waals surface area contributed by atoms with Gasteiger partial charge in [-0.1, -0.05) is 20.8 Å². The Morgan fingerprint density at radius 1 is 0.833 bits per heavy atom. The van der Waals surface area contributed by atoms with Crippen LogP contribution in [0, 0.1) is 3.80 Å². The molecule has 0 unspecified atom stereocenters. The average Bonchev–Trinajstić information content (AvgIpc) is 3.57. The SMILES string of the molecule is CB1N(c2cc(C(C)(C)C)ccn2)c2cc(Oc3cccc(-n4[c](=[Pt])n(C)c5ccccc54)c3)ccc2-c2ccnn21. The minimum absolute atomic E-state index is 0.00628. The number of ether oxygens (including phenoxy) is 1. The predicted octanol–water partition coefficient (Wildman–Crippen LogP) is 7.51. The first-order valence-corrected chi connectivity index (χ1v) is 15.2. The number of aryl methyl sites for hydroxylation is 1. The number of pyridine rings is 1. The molecule has 4 heterocycles. The fraction of sp³-hybridized carbons (Fsp3) is 0.182. The molecule has 0 saturated carbocycles. The van der Waals surface area contributed by atoms with Crippen LogP contribution in [0.15, 0.2) is 97.3 Å². The van der Waals surface area contributed by atoms with E-state index in [1.54, 1.807) is 0 Å². The molecule has 0 spiro atoms. The molecule has 0 bridgehead atoms. The molecular weight excluding hydrogens is 702 g/mol. The van der Waals surface area contributed by atoms with Crippen molar-refractivity contribution in [1.29, 1.82) is 0 Å². The minimum atomic E-state index is -0.0614. The van der Waals surface area contributed by atoms with Gasteiger partial charge in [-0.25, -0.2) is 0 Å². The number of nitrogens with zero attached hydrogens (tertiary/aromatic N) is 6. The molecule has 0 radical (unpaired) electrons. The van der Waals surface area contributed by atoms with Gasteiger partial charge in [-0.05, 0) is 17.0 Å². The molecule has 42 heavy (non-hydrogen) atoms. The quantitative estimate of drug-likeness (QED) is 0.176. The molecule has 9 heteroatoms. The van der Waals surface area contributed by atoms with Crippen LogP contribution in [0.5, 0.6) is 11.5 Å². The van der Waals surface area contributed by atoms with Crippen LogP contribution >= 0.6 is 0 Å². The Kier molecular flexibility index (Phi) is 6.35. The second-order valence-corrected chi connectivity index (χ2v) is 12.7. The number of imidazole rings is 1. The smallest absolute Gasteiger partial charge is 0.192 e. The summed E-state index contributed by atoms with van der Waals surface area (Å²) in [7, 11) is 2.10. The Balaban J connectivity index is 1.30. The van der Waals surface area contributed by atoms with Gasteiger partial charge in [0.25, 0.3) is 0 Å². The number of aromatic nitrogens is 5. The number of benzene rings is 3. The fourth-order valence-electron chi connectivity index (χ4n) is 5.79. The van der Waals surface area contributed by atoms with E-state index in [9.17, 15) is 0 Å². The summed E-state index contributed by atoms with van der Waals surface area (Å²) in [6.07, 6.45) is 3.76. The molecule has 3 aromatic carbocycles.